The zero-order valence-corrected chi connectivity index (χ0v) is 16.7. The smallest absolute Gasteiger partial charge is 0.197 e. The number of ether oxygens (including phenoxy) is 1. The maximum Gasteiger partial charge on any atom is 0.197 e. The number of benzene rings is 2. The van der Waals surface area contributed by atoms with Crippen molar-refractivity contribution in [2.75, 3.05) is 0 Å². The molecule has 0 spiro atoms. The van der Waals surface area contributed by atoms with Crippen LogP contribution >= 0.6 is 0 Å². The van der Waals surface area contributed by atoms with E-state index in [1.807, 2.05) is 63.3 Å². The highest BCUT2D eigenvalue weighted by Crippen LogP contribution is 2.45. The van der Waals surface area contributed by atoms with Crippen molar-refractivity contribution in [3.05, 3.63) is 82.1 Å². The Morgan fingerprint density at radius 3 is 2.62 bits per heavy atom. The minimum atomic E-state index is -0.559. The van der Waals surface area contributed by atoms with Gasteiger partial charge in [0, 0.05) is 11.6 Å². The van der Waals surface area contributed by atoms with E-state index in [0.29, 0.717) is 28.2 Å². The molecule has 0 amide bonds. The lowest BCUT2D eigenvalue weighted by molar-refractivity contribution is 0.158. The molecule has 1 aliphatic rings. The average molecular weight is 386 g/mol. The van der Waals surface area contributed by atoms with Crippen LogP contribution in [0.4, 0.5) is 0 Å². The molecule has 4 heteroatoms. The number of phenols is 1. The molecule has 4 nitrogen and oxygen atoms in total. The minimum absolute atomic E-state index is 0.137. The molecule has 0 unspecified atom stereocenters. The monoisotopic (exact) mass is 386 g/mol. The summed E-state index contributed by atoms with van der Waals surface area (Å²) in [4.78, 5) is 13.0. The number of rotatable bonds is 3. The van der Waals surface area contributed by atoms with Crippen LogP contribution in [0.25, 0.3) is 34.4 Å². The Labute approximate surface area is 169 Å². The molecular formula is C25H22O4. The average Bonchev–Trinajstić information content (AvgIpc) is 2.67. The Balaban J connectivity index is 2.09. The van der Waals surface area contributed by atoms with E-state index in [0.717, 1.165) is 11.1 Å². The van der Waals surface area contributed by atoms with Gasteiger partial charge in [-0.2, -0.15) is 0 Å². The Morgan fingerprint density at radius 2 is 1.93 bits per heavy atom. The first kappa shape index (κ1) is 18.8. The molecule has 146 valence electrons. The van der Waals surface area contributed by atoms with Gasteiger partial charge in [0.1, 0.15) is 28.2 Å². The maximum atomic E-state index is 13.0. The van der Waals surface area contributed by atoms with E-state index < -0.39 is 5.60 Å². The summed E-state index contributed by atoms with van der Waals surface area (Å²) in [5.41, 5.74) is 2.11. The van der Waals surface area contributed by atoms with Crippen molar-refractivity contribution in [2.45, 2.75) is 26.4 Å². The second kappa shape index (κ2) is 6.82. The van der Waals surface area contributed by atoms with E-state index >= 15 is 0 Å². The SMILES string of the molecule is C=C(C)/C=C/c1c2c(c3oc(-c4ccccc4)cc(=O)c3c1O)C=CC(C)(C)O2. The summed E-state index contributed by atoms with van der Waals surface area (Å²) >= 11 is 0. The zero-order valence-electron chi connectivity index (χ0n) is 16.7. The van der Waals surface area contributed by atoms with Crippen molar-refractivity contribution in [3.8, 4) is 22.8 Å². The second-order valence-electron chi connectivity index (χ2n) is 7.77. The quantitative estimate of drug-likeness (QED) is 0.566. The molecule has 2 aromatic carbocycles. The summed E-state index contributed by atoms with van der Waals surface area (Å²) in [5.74, 6) is 0.761. The summed E-state index contributed by atoms with van der Waals surface area (Å²) in [6.45, 7) is 9.57. The number of fused-ring (bicyclic) bond motifs is 3. The Hall–Kier alpha value is -3.53. The topological polar surface area (TPSA) is 59.7 Å². The number of aromatic hydroxyl groups is 1. The predicted molar refractivity (Wildman–Crippen MR) is 117 cm³/mol. The van der Waals surface area contributed by atoms with Gasteiger partial charge in [0.2, 0.25) is 0 Å². The maximum absolute atomic E-state index is 13.0. The van der Waals surface area contributed by atoms with Gasteiger partial charge in [-0.05, 0) is 39.0 Å². The van der Waals surface area contributed by atoms with E-state index in [9.17, 15) is 9.90 Å². The summed E-state index contributed by atoms with van der Waals surface area (Å²) in [5, 5.41) is 11.1. The molecule has 1 aromatic heterocycles. The van der Waals surface area contributed by atoms with Gasteiger partial charge in [-0.15, -0.1) is 0 Å². The fourth-order valence-corrected chi connectivity index (χ4v) is 3.37. The fourth-order valence-electron chi connectivity index (χ4n) is 3.37. The molecule has 1 aliphatic heterocycles. The van der Waals surface area contributed by atoms with Gasteiger partial charge in [-0.1, -0.05) is 48.6 Å². The third kappa shape index (κ3) is 3.38. The molecule has 3 aromatic rings. The number of hydrogen-bond acceptors (Lipinski definition) is 4. The van der Waals surface area contributed by atoms with Crippen molar-refractivity contribution in [3.63, 3.8) is 0 Å². The molecule has 1 N–H and O–H groups in total. The standard InChI is InChI=1S/C25H22O4/c1-15(2)10-11-17-22(27)21-19(26)14-20(16-8-6-5-7-9-16)28-24(21)18-12-13-25(3,4)29-23(17)18/h5-14,27H,1H2,2-4H3/b11-10+. The molecule has 2 heterocycles. The molecule has 29 heavy (non-hydrogen) atoms. The molecular weight excluding hydrogens is 364 g/mol. The van der Waals surface area contributed by atoms with E-state index in [2.05, 4.69) is 6.58 Å². The van der Waals surface area contributed by atoms with Gasteiger partial charge < -0.3 is 14.3 Å². The Kier molecular flexibility index (Phi) is 4.42. The summed E-state index contributed by atoms with van der Waals surface area (Å²) in [6, 6.07) is 10.8. The lowest BCUT2D eigenvalue weighted by Crippen LogP contribution is -2.28. The molecule has 0 saturated heterocycles. The molecule has 0 saturated carbocycles. The molecule has 0 aliphatic carbocycles. The molecule has 0 radical (unpaired) electrons. The van der Waals surface area contributed by atoms with Gasteiger partial charge >= 0.3 is 0 Å². The highest BCUT2D eigenvalue weighted by molar-refractivity contribution is 5.98. The second-order valence-corrected chi connectivity index (χ2v) is 7.77. The van der Waals surface area contributed by atoms with Crippen LogP contribution in [0, 0.1) is 0 Å². The van der Waals surface area contributed by atoms with Crippen LogP contribution in [-0.4, -0.2) is 10.7 Å². The van der Waals surface area contributed by atoms with E-state index in [4.69, 9.17) is 9.15 Å². The van der Waals surface area contributed by atoms with Crippen molar-refractivity contribution in [1.29, 1.82) is 0 Å². The van der Waals surface area contributed by atoms with Gasteiger partial charge in [-0.3, -0.25) is 4.79 Å². The third-order valence-electron chi connectivity index (χ3n) is 4.78. The van der Waals surface area contributed by atoms with Crippen LogP contribution < -0.4 is 10.2 Å². The van der Waals surface area contributed by atoms with E-state index in [1.165, 1.54) is 6.07 Å². The van der Waals surface area contributed by atoms with Crippen LogP contribution in [-0.2, 0) is 0 Å². The Bertz CT molecular complexity index is 1240. The van der Waals surface area contributed by atoms with Crippen LogP contribution in [0.1, 0.15) is 31.9 Å². The van der Waals surface area contributed by atoms with Crippen molar-refractivity contribution >= 4 is 23.1 Å². The molecule has 4 rings (SSSR count). The first-order chi connectivity index (χ1) is 13.8. The van der Waals surface area contributed by atoms with Crippen molar-refractivity contribution < 1.29 is 14.3 Å². The number of hydrogen-bond donors (Lipinski definition) is 1. The summed E-state index contributed by atoms with van der Waals surface area (Å²) < 4.78 is 12.3. The highest BCUT2D eigenvalue weighted by atomic mass is 16.5. The zero-order chi connectivity index (χ0) is 20.8. The fraction of sp³-hybridized carbons (Fsp3) is 0.160. The van der Waals surface area contributed by atoms with Crippen LogP contribution in [0.2, 0.25) is 0 Å². The van der Waals surface area contributed by atoms with Crippen molar-refractivity contribution in [1.82, 2.24) is 0 Å². The van der Waals surface area contributed by atoms with Crippen LogP contribution in [0.5, 0.6) is 11.5 Å². The van der Waals surface area contributed by atoms with Gasteiger partial charge in [0.15, 0.2) is 11.0 Å². The van der Waals surface area contributed by atoms with E-state index in [-0.39, 0.29) is 16.6 Å². The summed E-state index contributed by atoms with van der Waals surface area (Å²) in [6.07, 6.45) is 7.29. The highest BCUT2D eigenvalue weighted by Gasteiger charge is 2.29. The lowest BCUT2D eigenvalue weighted by Gasteiger charge is -2.29. The predicted octanol–water partition coefficient (Wildman–Crippen LogP) is 5.94. The van der Waals surface area contributed by atoms with Crippen LogP contribution in [0.3, 0.4) is 0 Å². The molecule has 0 atom stereocenters. The van der Waals surface area contributed by atoms with Gasteiger partial charge in [-0.25, -0.2) is 0 Å². The van der Waals surface area contributed by atoms with Crippen molar-refractivity contribution in [2.24, 2.45) is 0 Å². The number of phenolic OH excluding ortho intramolecular Hbond substituents is 1. The third-order valence-corrected chi connectivity index (χ3v) is 4.78. The van der Waals surface area contributed by atoms with Gasteiger partial charge in [0.25, 0.3) is 0 Å². The largest absolute Gasteiger partial charge is 0.506 e. The molecule has 0 fully saturated rings. The first-order valence-electron chi connectivity index (χ1n) is 9.41. The van der Waals surface area contributed by atoms with Crippen LogP contribution in [0.15, 0.2) is 69.9 Å². The first-order valence-corrected chi connectivity index (χ1v) is 9.41. The normalized spacial score (nSPS) is 14.7. The Morgan fingerprint density at radius 1 is 1.21 bits per heavy atom. The van der Waals surface area contributed by atoms with E-state index in [1.54, 1.807) is 12.2 Å². The molecule has 0 bridgehead atoms. The minimum Gasteiger partial charge on any atom is -0.506 e. The lowest BCUT2D eigenvalue weighted by atomic mass is 9.95. The summed E-state index contributed by atoms with van der Waals surface area (Å²) in [7, 11) is 0. The van der Waals surface area contributed by atoms with Gasteiger partial charge in [0.05, 0.1) is 11.1 Å². The number of allylic oxidation sites excluding steroid dienone is 2.